The summed E-state index contributed by atoms with van der Waals surface area (Å²) < 4.78 is 24.5. The number of hydrogen-bond donors (Lipinski definition) is 1. The number of likely N-dealkylation sites (tertiary alicyclic amines) is 1. The first-order valence-corrected chi connectivity index (χ1v) is 8.00. The molecular formula is C12H19N3O3S. The lowest BCUT2D eigenvalue weighted by atomic mass is 10.3. The lowest BCUT2D eigenvalue weighted by Gasteiger charge is -2.16. The molecule has 0 unspecified atom stereocenters. The monoisotopic (exact) mass is 285 g/mol. The van der Waals surface area contributed by atoms with E-state index in [4.69, 9.17) is 5.14 Å². The third kappa shape index (κ3) is 2.98. The highest BCUT2D eigenvalue weighted by atomic mass is 32.2. The van der Waals surface area contributed by atoms with Crippen LogP contribution < -0.4 is 5.14 Å². The van der Waals surface area contributed by atoms with Crippen LogP contribution in [0.4, 0.5) is 0 Å². The molecule has 106 valence electrons. The van der Waals surface area contributed by atoms with E-state index >= 15 is 0 Å². The van der Waals surface area contributed by atoms with E-state index < -0.39 is 10.0 Å². The van der Waals surface area contributed by atoms with Crippen LogP contribution in [-0.2, 0) is 16.6 Å². The number of aryl methyl sites for hydroxylation is 1. The van der Waals surface area contributed by atoms with E-state index in [1.807, 2.05) is 6.92 Å². The van der Waals surface area contributed by atoms with E-state index in [0.717, 1.165) is 32.4 Å². The Morgan fingerprint density at radius 3 is 2.53 bits per heavy atom. The molecule has 1 saturated heterocycles. The van der Waals surface area contributed by atoms with Gasteiger partial charge in [-0.25, -0.2) is 13.6 Å². The van der Waals surface area contributed by atoms with Gasteiger partial charge in [-0.15, -0.1) is 0 Å². The van der Waals surface area contributed by atoms with Gasteiger partial charge in [0.25, 0.3) is 5.91 Å². The average Bonchev–Trinajstić information content (AvgIpc) is 2.96. The van der Waals surface area contributed by atoms with Gasteiger partial charge in [0.15, 0.2) is 0 Å². The summed E-state index contributed by atoms with van der Waals surface area (Å²) in [5.41, 5.74) is 0.410. The van der Waals surface area contributed by atoms with Crippen molar-refractivity contribution in [2.45, 2.75) is 37.6 Å². The van der Waals surface area contributed by atoms with Crippen molar-refractivity contribution in [1.29, 1.82) is 0 Å². The van der Waals surface area contributed by atoms with Gasteiger partial charge in [-0.1, -0.05) is 6.92 Å². The number of nitrogens with zero attached hydrogens (tertiary/aromatic N) is 2. The topological polar surface area (TPSA) is 85.4 Å². The van der Waals surface area contributed by atoms with Crippen molar-refractivity contribution in [3.05, 3.63) is 18.0 Å². The van der Waals surface area contributed by atoms with E-state index in [1.165, 1.54) is 12.3 Å². The molecule has 1 aromatic rings. The maximum absolute atomic E-state index is 12.4. The average molecular weight is 285 g/mol. The molecule has 2 heterocycles. The molecule has 1 aromatic heterocycles. The zero-order valence-electron chi connectivity index (χ0n) is 11.0. The number of aromatic nitrogens is 1. The van der Waals surface area contributed by atoms with Crippen LogP contribution in [0.15, 0.2) is 17.2 Å². The molecular weight excluding hydrogens is 266 g/mol. The van der Waals surface area contributed by atoms with Crippen LogP contribution in [0.3, 0.4) is 0 Å². The second-order valence-electron chi connectivity index (χ2n) is 4.80. The fraction of sp³-hybridized carbons (Fsp3) is 0.583. The predicted octanol–water partition coefficient (Wildman–Crippen LogP) is 0.782. The maximum atomic E-state index is 12.4. The van der Waals surface area contributed by atoms with Gasteiger partial charge in [-0.05, 0) is 25.3 Å². The van der Waals surface area contributed by atoms with Crippen LogP contribution in [0.25, 0.3) is 0 Å². The Labute approximate surface area is 113 Å². The summed E-state index contributed by atoms with van der Waals surface area (Å²) in [6, 6.07) is 1.38. The van der Waals surface area contributed by atoms with Crippen molar-refractivity contribution in [1.82, 2.24) is 9.47 Å². The molecule has 0 saturated carbocycles. The predicted molar refractivity (Wildman–Crippen MR) is 71.2 cm³/mol. The Kier molecular flexibility index (Phi) is 3.96. The molecule has 1 aliphatic rings. The molecule has 6 nitrogen and oxygen atoms in total. The molecule has 0 spiro atoms. The van der Waals surface area contributed by atoms with Gasteiger partial charge in [-0.2, -0.15) is 0 Å². The molecule has 7 heteroatoms. The third-order valence-corrected chi connectivity index (χ3v) is 4.16. The fourth-order valence-electron chi connectivity index (χ4n) is 2.33. The summed E-state index contributed by atoms with van der Waals surface area (Å²) in [5, 5.41) is 5.12. The Bertz CT molecular complexity index is 571. The summed E-state index contributed by atoms with van der Waals surface area (Å²) in [5.74, 6) is -0.110. The molecule has 1 amide bonds. The van der Waals surface area contributed by atoms with Crippen molar-refractivity contribution in [3.63, 3.8) is 0 Å². The second kappa shape index (κ2) is 5.34. The Morgan fingerprint density at radius 1 is 1.37 bits per heavy atom. The van der Waals surface area contributed by atoms with Gasteiger partial charge in [0.05, 0.1) is 0 Å². The summed E-state index contributed by atoms with van der Waals surface area (Å²) in [4.78, 5) is 14.1. The van der Waals surface area contributed by atoms with E-state index in [0.29, 0.717) is 12.2 Å². The summed E-state index contributed by atoms with van der Waals surface area (Å²) >= 11 is 0. The zero-order chi connectivity index (χ0) is 14.0. The number of carbonyl (C=O) groups is 1. The van der Waals surface area contributed by atoms with Crippen molar-refractivity contribution in [3.8, 4) is 0 Å². The standard InChI is InChI=1S/C12H19N3O3S/c1-2-5-15-9-10(19(13,17)18)8-11(15)12(16)14-6-3-4-7-14/h8-9H,2-7H2,1H3,(H2,13,17,18). The minimum absolute atomic E-state index is 0.00324. The smallest absolute Gasteiger partial charge is 0.270 e. The zero-order valence-corrected chi connectivity index (χ0v) is 11.8. The Hall–Kier alpha value is -1.34. The first-order valence-electron chi connectivity index (χ1n) is 6.45. The number of primary sulfonamides is 1. The van der Waals surface area contributed by atoms with Crippen molar-refractivity contribution in [2.75, 3.05) is 13.1 Å². The van der Waals surface area contributed by atoms with Gasteiger partial charge >= 0.3 is 0 Å². The van der Waals surface area contributed by atoms with Gasteiger partial charge in [-0.3, -0.25) is 4.79 Å². The highest BCUT2D eigenvalue weighted by Crippen LogP contribution is 2.18. The molecule has 1 fully saturated rings. The molecule has 2 rings (SSSR count). The fourth-order valence-corrected chi connectivity index (χ4v) is 2.88. The van der Waals surface area contributed by atoms with Gasteiger partial charge in [0.2, 0.25) is 10.0 Å². The lowest BCUT2D eigenvalue weighted by Crippen LogP contribution is -2.29. The highest BCUT2D eigenvalue weighted by molar-refractivity contribution is 7.89. The summed E-state index contributed by atoms with van der Waals surface area (Å²) in [6.45, 7) is 4.05. The lowest BCUT2D eigenvalue weighted by molar-refractivity contribution is 0.0782. The molecule has 1 aliphatic heterocycles. The number of sulfonamides is 1. The number of carbonyl (C=O) groups excluding carboxylic acids is 1. The minimum Gasteiger partial charge on any atom is -0.342 e. The van der Waals surface area contributed by atoms with Crippen LogP contribution in [0.2, 0.25) is 0 Å². The van der Waals surface area contributed by atoms with Crippen LogP contribution in [0.5, 0.6) is 0 Å². The van der Waals surface area contributed by atoms with Crippen LogP contribution >= 0.6 is 0 Å². The Morgan fingerprint density at radius 2 is 2.00 bits per heavy atom. The minimum atomic E-state index is -3.77. The number of rotatable bonds is 4. The number of nitrogens with two attached hydrogens (primary N) is 1. The highest BCUT2D eigenvalue weighted by Gasteiger charge is 2.24. The molecule has 0 radical (unpaired) electrons. The van der Waals surface area contributed by atoms with Crippen molar-refractivity contribution >= 4 is 15.9 Å². The first-order chi connectivity index (χ1) is 8.93. The molecule has 0 aromatic carbocycles. The van der Waals surface area contributed by atoms with E-state index in [1.54, 1.807) is 9.47 Å². The third-order valence-electron chi connectivity index (χ3n) is 3.28. The molecule has 0 bridgehead atoms. The quantitative estimate of drug-likeness (QED) is 0.887. The van der Waals surface area contributed by atoms with Crippen molar-refractivity contribution < 1.29 is 13.2 Å². The second-order valence-corrected chi connectivity index (χ2v) is 6.36. The summed E-state index contributed by atoms with van der Waals surface area (Å²) in [6.07, 6.45) is 4.27. The van der Waals surface area contributed by atoms with Gasteiger partial charge in [0.1, 0.15) is 10.6 Å². The van der Waals surface area contributed by atoms with Gasteiger partial charge < -0.3 is 9.47 Å². The van der Waals surface area contributed by atoms with E-state index in [-0.39, 0.29) is 10.8 Å². The molecule has 19 heavy (non-hydrogen) atoms. The van der Waals surface area contributed by atoms with E-state index in [9.17, 15) is 13.2 Å². The molecule has 0 aliphatic carbocycles. The molecule has 0 atom stereocenters. The van der Waals surface area contributed by atoms with Crippen LogP contribution in [0.1, 0.15) is 36.7 Å². The first kappa shape index (κ1) is 14.1. The van der Waals surface area contributed by atoms with Crippen LogP contribution in [0, 0.1) is 0 Å². The SMILES string of the molecule is CCCn1cc(S(N)(=O)=O)cc1C(=O)N1CCCC1. The normalized spacial score (nSPS) is 16.0. The van der Waals surface area contributed by atoms with Crippen LogP contribution in [-0.4, -0.2) is 36.9 Å². The van der Waals surface area contributed by atoms with E-state index in [2.05, 4.69) is 0 Å². The van der Waals surface area contributed by atoms with Crippen molar-refractivity contribution in [2.24, 2.45) is 5.14 Å². The summed E-state index contributed by atoms with van der Waals surface area (Å²) in [7, 11) is -3.77. The number of hydrogen-bond acceptors (Lipinski definition) is 3. The molecule has 2 N–H and O–H groups in total. The largest absolute Gasteiger partial charge is 0.342 e. The number of amides is 1. The van der Waals surface area contributed by atoms with Gasteiger partial charge in [0, 0.05) is 25.8 Å². The Balaban J connectivity index is 2.37. The maximum Gasteiger partial charge on any atom is 0.270 e.